The van der Waals surface area contributed by atoms with Crippen molar-refractivity contribution < 1.29 is 4.42 Å². The Balaban J connectivity index is 1.34. The Labute approximate surface area is 265 Å². The van der Waals surface area contributed by atoms with Crippen molar-refractivity contribution in [2.75, 3.05) is 4.90 Å². The van der Waals surface area contributed by atoms with Crippen LogP contribution in [0.2, 0.25) is 0 Å². The van der Waals surface area contributed by atoms with Crippen molar-refractivity contribution in [3.8, 4) is 22.3 Å². The normalized spacial score (nSPS) is 11.6. The van der Waals surface area contributed by atoms with Gasteiger partial charge in [0.05, 0.1) is 16.1 Å². The number of thiophene rings is 1. The molecule has 0 radical (unpaired) electrons. The SMILES string of the molecule is c1ccc(-c2cccc(N(c3cccc4c3oc3ccccc34)c3cccc4c3sc3c(-c5ccccc5)cccc34)c2)cc1. The molecule has 2 aromatic heterocycles. The number of rotatable bonds is 5. The second-order valence-corrected chi connectivity index (χ2v) is 12.3. The van der Waals surface area contributed by atoms with E-state index in [1.165, 1.54) is 42.4 Å². The standard InChI is InChI=1S/C42H27NOS/c1-3-13-28(14-4-1)30-17-9-18-31(27-30)43(37-24-11-21-34-33-19-7-8-26-39(33)44-40(34)37)38-25-12-23-36-35-22-10-20-32(41(35)45-42(36)38)29-15-5-2-6-16-29/h1-27H. The van der Waals surface area contributed by atoms with Crippen LogP contribution < -0.4 is 4.90 Å². The number of fused-ring (bicyclic) bond motifs is 6. The fraction of sp³-hybridized carbons (Fsp3) is 0. The van der Waals surface area contributed by atoms with Gasteiger partial charge in [0.15, 0.2) is 5.58 Å². The van der Waals surface area contributed by atoms with Gasteiger partial charge in [-0.05, 0) is 52.6 Å². The summed E-state index contributed by atoms with van der Waals surface area (Å²) in [5, 5.41) is 4.77. The minimum Gasteiger partial charge on any atom is -0.454 e. The average molecular weight is 594 g/mol. The molecule has 2 nitrogen and oxygen atoms in total. The Morgan fingerprint density at radius 1 is 0.422 bits per heavy atom. The molecule has 0 N–H and O–H groups in total. The van der Waals surface area contributed by atoms with E-state index in [1.54, 1.807) is 0 Å². The summed E-state index contributed by atoms with van der Waals surface area (Å²) in [5.74, 6) is 0. The van der Waals surface area contributed by atoms with Gasteiger partial charge in [-0.25, -0.2) is 0 Å². The molecular weight excluding hydrogens is 567 g/mol. The molecule has 0 saturated carbocycles. The zero-order chi connectivity index (χ0) is 29.7. The largest absolute Gasteiger partial charge is 0.454 e. The van der Waals surface area contributed by atoms with Crippen molar-refractivity contribution in [3.05, 3.63) is 164 Å². The molecule has 0 amide bonds. The van der Waals surface area contributed by atoms with Crippen molar-refractivity contribution in [2.45, 2.75) is 0 Å². The molecule has 0 aliphatic carbocycles. The van der Waals surface area contributed by atoms with E-state index < -0.39 is 0 Å². The Kier molecular flexibility index (Phi) is 6.03. The summed E-state index contributed by atoms with van der Waals surface area (Å²) < 4.78 is 9.17. The van der Waals surface area contributed by atoms with Gasteiger partial charge in [0.2, 0.25) is 0 Å². The molecule has 0 spiro atoms. The lowest BCUT2D eigenvalue weighted by molar-refractivity contribution is 0.669. The zero-order valence-electron chi connectivity index (χ0n) is 24.4. The van der Waals surface area contributed by atoms with E-state index in [0.29, 0.717) is 0 Å². The number of hydrogen-bond donors (Lipinski definition) is 0. The van der Waals surface area contributed by atoms with Crippen LogP contribution in [0.4, 0.5) is 17.1 Å². The van der Waals surface area contributed by atoms with Gasteiger partial charge in [0.1, 0.15) is 5.58 Å². The smallest absolute Gasteiger partial charge is 0.159 e. The Hall–Kier alpha value is -5.64. The number of hydrogen-bond acceptors (Lipinski definition) is 3. The molecular formula is C42H27NOS. The first kappa shape index (κ1) is 25.8. The first-order valence-electron chi connectivity index (χ1n) is 15.2. The van der Waals surface area contributed by atoms with E-state index in [4.69, 9.17) is 4.42 Å². The van der Waals surface area contributed by atoms with Crippen LogP contribution in [0, 0.1) is 0 Å². The van der Waals surface area contributed by atoms with E-state index in [9.17, 15) is 0 Å². The van der Waals surface area contributed by atoms with Crippen molar-refractivity contribution in [3.63, 3.8) is 0 Å². The molecule has 0 aliphatic heterocycles. The van der Waals surface area contributed by atoms with E-state index in [-0.39, 0.29) is 0 Å². The molecule has 0 bridgehead atoms. The van der Waals surface area contributed by atoms with Gasteiger partial charge in [0.25, 0.3) is 0 Å². The summed E-state index contributed by atoms with van der Waals surface area (Å²) in [6.07, 6.45) is 0. The maximum atomic E-state index is 6.63. The molecule has 45 heavy (non-hydrogen) atoms. The van der Waals surface area contributed by atoms with Gasteiger partial charge in [-0.1, -0.05) is 133 Å². The van der Waals surface area contributed by atoms with E-state index in [0.717, 1.165) is 39.0 Å². The van der Waals surface area contributed by atoms with Gasteiger partial charge in [-0.3, -0.25) is 0 Å². The van der Waals surface area contributed by atoms with Crippen LogP contribution in [0.25, 0.3) is 64.4 Å². The molecule has 0 unspecified atom stereocenters. The molecule has 0 atom stereocenters. The summed E-state index contributed by atoms with van der Waals surface area (Å²) in [4.78, 5) is 2.39. The monoisotopic (exact) mass is 593 g/mol. The highest BCUT2D eigenvalue weighted by atomic mass is 32.1. The van der Waals surface area contributed by atoms with E-state index >= 15 is 0 Å². The molecule has 212 valence electrons. The topological polar surface area (TPSA) is 16.4 Å². The zero-order valence-corrected chi connectivity index (χ0v) is 25.2. The number of furan rings is 1. The van der Waals surface area contributed by atoms with Gasteiger partial charge in [-0.2, -0.15) is 0 Å². The van der Waals surface area contributed by atoms with Crippen LogP contribution in [0.15, 0.2) is 168 Å². The van der Waals surface area contributed by atoms with Gasteiger partial charge in [-0.15, -0.1) is 11.3 Å². The van der Waals surface area contributed by atoms with Gasteiger partial charge in [0, 0.05) is 31.9 Å². The molecule has 2 heterocycles. The lowest BCUT2D eigenvalue weighted by Crippen LogP contribution is -2.10. The molecule has 3 heteroatoms. The minimum absolute atomic E-state index is 0.881. The Morgan fingerprint density at radius 3 is 1.84 bits per heavy atom. The molecule has 7 aromatic carbocycles. The second-order valence-electron chi connectivity index (χ2n) is 11.3. The maximum absolute atomic E-state index is 6.63. The second kappa shape index (κ2) is 10.5. The molecule has 0 fully saturated rings. The van der Waals surface area contributed by atoms with Crippen molar-refractivity contribution >= 4 is 70.5 Å². The molecule has 9 aromatic rings. The summed E-state index contributed by atoms with van der Waals surface area (Å²) in [5.41, 5.74) is 9.86. The summed E-state index contributed by atoms with van der Waals surface area (Å²) >= 11 is 1.87. The Bertz CT molecular complexity index is 2490. The molecule has 0 saturated heterocycles. The van der Waals surface area contributed by atoms with Gasteiger partial charge < -0.3 is 9.32 Å². The van der Waals surface area contributed by atoms with Crippen LogP contribution in [0.3, 0.4) is 0 Å². The van der Waals surface area contributed by atoms with Crippen LogP contribution in [-0.4, -0.2) is 0 Å². The number of para-hydroxylation sites is 2. The predicted molar refractivity (Wildman–Crippen MR) is 192 cm³/mol. The van der Waals surface area contributed by atoms with Crippen LogP contribution >= 0.6 is 11.3 Å². The fourth-order valence-electron chi connectivity index (χ4n) is 6.60. The lowest BCUT2D eigenvalue weighted by Gasteiger charge is -2.26. The fourth-order valence-corrected chi connectivity index (χ4v) is 7.94. The predicted octanol–water partition coefficient (Wildman–Crippen LogP) is 12.8. The van der Waals surface area contributed by atoms with Crippen molar-refractivity contribution in [2.24, 2.45) is 0 Å². The third-order valence-corrected chi connectivity index (χ3v) is 9.94. The molecule has 9 rings (SSSR count). The van der Waals surface area contributed by atoms with Crippen LogP contribution in [0.5, 0.6) is 0 Å². The van der Waals surface area contributed by atoms with Crippen molar-refractivity contribution in [1.29, 1.82) is 0 Å². The highest BCUT2D eigenvalue weighted by Gasteiger charge is 2.23. The maximum Gasteiger partial charge on any atom is 0.159 e. The van der Waals surface area contributed by atoms with E-state index in [2.05, 4.69) is 163 Å². The van der Waals surface area contributed by atoms with Crippen molar-refractivity contribution in [1.82, 2.24) is 0 Å². The van der Waals surface area contributed by atoms with Crippen LogP contribution in [0.1, 0.15) is 0 Å². The summed E-state index contributed by atoms with van der Waals surface area (Å²) in [6.45, 7) is 0. The highest BCUT2D eigenvalue weighted by Crippen LogP contribution is 2.49. The first-order valence-corrected chi connectivity index (χ1v) is 16.0. The number of benzene rings is 7. The Morgan fingerprint density at radius 2 is 1.02 bits per heavy atom. The third-order valence-electron chi connectivity index (χ3n) is 8.67. The minimum atomic E-state index is 0.881. The quantitative estimate of drug-likeness (QED) is 0.197. The lowest BCUT2D eigenvalue weighted by atomic mass is 10.0. The number of anilines is 3. The first-order chi connectivity index (χ1) is 22.3. The van der Waals surface area contributed by atoms with Crippen LogP contribution in [-0.2, 0) is 0 Å². The number of nitrogens with zero attached hydrogens (tertiary/aromatic N) is 1. The summed E-state index contributed by atoms with van der Waals surface area (Å²) in [7, 11) is 0. The molecule has 0 aliphatic rings. The summed E-state index contributed by atoms with van der Waals surface area (Å²) in [6, 6.07) is 58.3. The third kappa shape index (κ3) is 4.24. The van der Waals surface area contributed by atoms with E-state index in [1.807, 2.05) is 17.4 Å². The van der Waals surface area contributed by atoms with Gasteiger partial charge >= 0.3 is 0 Å². The average Bonchev–Trinajstić information content (AvgIpc) is 3.69. The highest BCUT2D eigenvalue weighted by molar-refractivity contribution is 7.27.